The molecule has 96 valence electrons. The van der Waals surface area contributed by atoms with Crippen molar-refractivity contribution in [2.75, 3.05) is 11.9 Å². The number of aliphatic carboxylic acids is 1. The number of carboxylic acid groups (broad SMARTS) is 1. The van der Waals surface area contributed by atoms with Crippen molar-refractivity contribution in [1.82, 2.24) is 9.55 Å². The van der Waals surface area contributed by atoms with Crippen molar-refractivity contribution in [3.05, 3.63) is 24.3 Å². The highest BCUT2D eigenvalue weighted by Crippen LogP contribution is 2.19. The van der Waals surface area contributed by atoms with E-state index in [-0.39, 0.29) is 6.54 Å². The van der Waals surface area contributed by atoms with Gasteiger partial charge in [0.15, 0.2) is 0 Å². The Morgan fingerprint density at radius 3 is 2.94 bits per heavy atom. The van der Waals surface area contributed by atoms with Crippen LogP contribution >= 0.6 is 0 Å². The lowest BCUT2D eigenvalue weighted by Gasteiger charge is -2.07. The number of aromatic nitrogens is 2. The summed E-state index contributed by atoms with van der Waals surface area (Å²) in [5.41, 5.74) is 1.66. The Bertz CT molecular complexity index is 548. The molecule has 0 spiro atoms. The zero-order valence-corrected chi connectivity index (χ0v) is 10.4. The first kappa shape index (κ1) is 12.4. The third kappa shape index (κ3) is 2.61. The van der Waals surface area contributed by atoms with E-state index in [0.717, 1.165) is 30.4 Å². The van der Waals surface area contributed by atoms with Crippen LogP contribution in [0.1, 0.15) is 19.8 Å². The fourth-order valence-electron chi connectivity index (χ4n) is 1.88. The summed E-state index contributed by atoms with van der Waals surface area (Å²) in [6, 6.07) is 7.56. The van der Waals surface area contributed by atoms with Crippen LogP contribution in [-0.4, -0.2) is 27.2 Å². The minimum absolute atomic E-state index is 0.0744. The van der Waals surface area contributed by atoms with Gasteiger partial charge in [-0.3, -0.25) is 9.36 Å². The number of fused-ring (bicyclic) bond motifs is 1. The molecule has 0 fully saturated rings. The summed E-state index contributed by atoms with van der Waals surface area (Å²) in [6.07, 6.45) is 2.13. The number of imidazole rings is 1. The molecule has 0 radical (unpaired) electrons. The first-order chi connectivity index (χ1) is 8.72. The van der Waals surface area contributed by atoms with Gasteiger partial charge in [-0.2, -0.15) is 0 Å². The molecule has 5 nitrogen and oxygen atoms in total. The van der Waals surface area contributed by atoms with E-state index in [1.807, 2.05) is 24.3 Å². The average Bonchev–Trinajstić information content (AvgIpc) is 2.68. The Labute approximate surface area is 105 Å². The fourth-order valence-corrected chi connectivity index (χ4v) is 1.88. The molecular weight excluding hydrogens is 230 g/mol. The molecule has 0 atom stereocenters. The highest BCUT2D eigenvalue weighted by molar-refractivity contribution is 5.81. The van der Waals surface area contributed by atoms with Crippen LogP contribution in [0.25, 0.3) is 11.0 Å². The third-order valence-corrected chi connectivity index (χ3v) is 2.76. The van der Waals surface area contributed by atoms with E-state index in [9.17, 15) is 4.79 Å². The van der Waals surface area contributed by atoms with Gasteiger partial charge >= 0.3 is 5.97 Å². The van der Waals surface area contributed by atoms with Crippen LogP contribution in [0.3, 0.4) is 0 Å². The number of hydrogen-bond donors (Lipinski definition) is 2. The van der Waals surface area contributed by atoms with Crippen molar-refractivity contribution in [2.45, 2.75) is 26.3 Å². The van der Waals surface area contributed by atoms with Crippen LogP contribution in [0.15, 0.2) is 24.3 Å². The zero-order chi connectivity index (χ0) is 13.0. The Kier molecular flexibility index (Phi) is 3.82. The summed E-state index contributed by atoms with van der Waals surface area (Å²) in [4.78, 5) is 15.3. The zero-order valence-electron chi connectivity index (χ0n) is 10.4. The number of anilines is 1. The van der Waals surface area contributed by atoms with Gasteiger partial charge in [-0.15, -0.1) is 0 Å². The number of hydrogen-bond acceptors (Lipinski definition) is 3. The Morgan fingerprint density at radius 1 is 1.44 bits per heavy atom. The summed E-state index contributed by atoms with van der Waals surface area (Å²) in [6.45, 7) is 2.84. The largest absolute Gasteiger partial charge is 0.480 e. The first-order valence-corrected chi connectivity index (χ1v) is 6.13. The van der Waals surface area contributed by atoms with E-state index in [1.54, 1.807) is 4.57 Å². The van der Waals surface area contributed by atoms with Gasteiger partial charge in [0.2, 0.25) is 5.95 Å². The predicted octanol–water partition coefficient (Wildman–Crippen LogP) is 2.33. The number of nitrogens with one attached hydrogen (secondary N) is 1. The number of carboxylic acids is 1. The number of rotatable bonds is 6. The van der Waals surface area contributed by atoms with Crippen LogP contribution < -0.4 is 5.32 Å². The number of benzene rings is 1. The van der Waals surface area contributed by atoms with E-state index in [0.29, 0.717) is 5.95 Å². The monoisotopic (exact) mass is 247 g/mol. The van der Waals surface area contributed by atoms with Crippen LogP contribution in [0.4, 0.5) is 5.95 Å². The third-order valence-electron chi connectivity index (χ3n) is 2.76. The molecule has 1 heterocycles. The number of unbranched alkanes of at least 4 members (excludes halogenated alkanes) is 1. The number of para-hydroxylation sites is 2. The number of carbonyl (C=O) groups is 1. The molecule has 0 saturated carbocycles. The molecule has 2 aromatic rings. The molecular formula is C13H17N3O2. The second-order valence-electron chi connectivity index (χ2n) is 4.18. The quantitative estimate of drug-likeness (QED) is 0.769. The lowest BCUT2D eigenvalue weighted by Crippen LogP contribution is -2.13. The summed E-state index contributed by atoms with van der Waals surface area (Å²) < 4.78 is 1.70. The summed E-state index contributed by atoms with van der Waals surface area (Å²) in [5.74, 6) is -0.233. The van der Waals surface area contributed by atoms with Crippen LogP contribution in [0.5, 0.6) is 0 Å². The molecule has 0 unspecified atom stereocenters. The maximum Gasteiger partial charge on any atom is 0.323 e. The van der Waals surface area contributed by atoms with E-state index in [1.165, 1.54) is 0 Å². The van der Waals surface area contributed by atoms with Crippen molar-refractivity contribution in [3.63, 3.8) is 0 Å². The maximum absolute atomic E-state index is 10.9. The van der Waals surface area contributed by atoms with E-state index in [4.69, 9.17) is 5.11 Å². The van der Waals surface area contributed by atoms with E-state index >= 15 is 0 Å². The minimum atomic E-state index is -0.864. The van der Waals surface area contributed by atoms with Crippen LogP contribution in [0.2, 0.25) is 0 Å². The standard InChI is InChI=1S/C13H17N3O2/c1-2-3-8-14-13-15-10-6-4-5-7-11(10)16(13)9-12(17)18/h4-7H,2-3,8-9H2,1H3,(H,14,15)(H,17,18). The molecule has 0 aliphatic heterocycles. The van der Waals surface area contributed by atoms with Gasteiger partial charge in [0.25, 0.3) is 0 Å². The van der Waals surface area contributed by atoms with Gasteiger partial charge in [-0.05, 0) is 18.6 Å². The van der Waals surface area contributed by atoms with Gasteiger partial charge in [0.05, 0.1) is 11.0 Å². The second kappa shape index (κ2) is 5.53. The van der Waals surface area contributed by atoms with Crippen LogP contribution in [0, 0.1) is 0 Å². The van der Waals surface area contributed by atoms with Crippen molar-refractivity contribution < 1.29 is 9.90 Å². The lowest BCUT2D eigenvalue weighted by molar-refractivity contribution is -0.137. The minimum Gasteiger partial charge on any atom is -0.480 e. The molecule has 2 rings (SSSR count). The normalized spacial score (nSPS) is 10.7. The second-order valence-corrected chi connectivity index (χ2v) is 4.18. The van der Waals surface area contributed by atoms with Gasteiger partial charge in [0, 0.05) is 6.54 Å². The van der Waals surface area contributed by atoms with Gasteiger partial charge in [0.1, 0.15) is 6.54 Å². The number of nitrogens with zero attached hydrogens (tertiary/aromatic N) is 2. The van der Waals surface area contributed by atoms with E-state index < -0.39 is 5.97 Å². The van der Waals surface area contributed by atoms with Crippen molar-refractivity contribution in [2.24, 2.45) is 0 Å². The molecule has 0 aliphatic carbocycles. The SMILES string of the molecule is CCCCNc1nc2ccccc2n1CC(=O)O. The molecule has 0 amide bonds. The first-order valence-electron chi connectivity index (χ1n) is 6.13. The lowest BCUT2D eigenvalue weighted by atomic mass is 10.3. The Morgan fingerprint density at radius 2 is 2.22 bits per heavy atom. The molecule has 2 N–H and O–H groups in total. The maximum atomic E-state index is 10.9. The Balaban J connectivity index is 2.33. The Hall–Kier alpha value is -2.04. The topological polar surface area (TPSA) is 67.2 Å². The molecule has 5 heteroatoms. The highest BCUT2D eigenvalue weighted by atomic mass is 16.4. The van der Waals surface area contributed by atoms with Gasteiger partial charge in [-0.25, -0.2) is 4.98 Å². The summed E-state index contributed by atoms with van der Waals surface area (Å²) >= 11 is 0. The van der Waals surface area contributed by atoms with E-state index in [2.05, 4.69) is 17.2 Å². The predicted molar refractivity (Wildman–Crippen MR) is 70.8 cm³/mol. The highest BCUT2D eigenvalue weighted by Gasteiger charge is 2.12. The van der Waals surface area contributed by atoms with Crippen molar-refractivity contribution in [3.8, 4) is 0 Å². The average molecular weight is 247 g/mol. The smallest absolute Gasteiger partial charge is 0.323 e. The summed E-state index contributed by atoms with van der Waals surface area (Å²) in [7, 11) is 0. The molecule has 0 bridgehead atoms. The fraction of sp³-hybridized carbons (Fsp3) is 0.385. The van der Waals surface area contributed by atoms with Gasteiger partial charge < -0.3 is 10.4 Å². The molecule has 1 aromatic carbocycles. The van der Waals surface area contributed by atoms with Crippen molar-refractivity contribution in [1.29, 1.82) is 0 Å². The molecule has 0 aliphatic rings. The summed E-state index contributed by atoms with van der Waals surface area (Å²) in [5, 5.41) is 12.2. The van der Waals surface area contributed by atoms with Crippen molar-refractivity contribution >= 4 is 23.0 Å². The molecule has 1 aromatic heterocycles. The van der Waals surface area contributed by atoms with Gasteiger partial charge in [-0.1, -0.05) is 25.5 Å². The molecule has 18 heavy (non-hydrogen) atoms. The molecule has 0 saturated heterocycles. The van der Waals surface area contributed by atoms with Crippen LogP contribution in [-0.2, 0) is 11.3 Å².